The molecule has 21 heavy (non-hydrogen) atoms. The Kier molecular flexibility index (Phi) is 5.86. The first-order valence-electron chi connectivity index (χ1n) is 7.25. The molecule has 0 aliphatic rings. The average molecular weight is 367 g/mol. The summed E-state index contributed by atoms with van der Waals surface area (Å²) in [7, 11) is 0. The topological polar surface area (TPSA) is 12.0 Å². The molecule has 0 fully saturated rings. The molecule has 0 aliphatic carbocycles. The summed E-state index contributed by atoms with van der Waals surface area (Å²) in [6.07, 6.45) is 0.936. The minimum atomic E-state index is 0.224. The number of halogens is 2. The smallest absolute Gasteiger partial charge is 0.0454 e. The van der Waals surface area contributed by atoms with Gasteiger partial charge in [0.2, 0.25) is 0 Å². The summed E-state index contributed by atoms with van der Waals surface area (Å²) < 4.78 is 1.06. The molecule has 1 unspecified atom stereocenters. The van der Waals surface area contributed by atoms with Crippen LogP contribution in [0.1, 0.15) is 35.2 Å². The van der Waals surface area contributed by atoms with E-state index in [2.05, 4.69) is 66.3 Å². The first kappa shape index (κ1) is 16.5. The first-order chi connectivity index (χ1) is 10.0. The van der Waals surface area contributed by atoms with E-state index in [0.717, 1.165) is 28.0 Å². The molecule has 1 nitrogen and oxygen atoms in total. The molecule has 0 radical (unpaired) electrons. The number of rotatable bonds is 5. The van der Waals surface area contributed by atoms with E-state index in [9.17, 15) is 0 Å². The van der Waals surface area contributed by atoms with E-state index in [1.807, 2.05) is 12.1 Å². The summed E-state index contributed by atoms with van der Waals surface area (Å²) in [5, 5.41) is 4.36. The second-order valence-corrected chi connectivity index (χ2v) is 6.72. The van der Waals surface area contributed by atoms with Crippen LogP contribution < -0.4 is 5.32 Å². The van der Waals surface area contributed by atoms with Crippen LogP contribution >= 0.6 is 27.5 Å². The maximum absolute atomic E-state index is 6.39. The maximum Gasteiger partial charge on any atom is 0.0454 e. The highest BCUT2D eigenvalue weighted by atomic mass is 79.9. The fourth-order valence-electron chi connectivity index (χ4n) is 2.49. The molecule has 0 amide bonds. The molecule has 0 spiro atoms. The van der Waals surface area contributed by atoms with Gasteiger partial charge in [0.05, 0.1) is 0 Å². The Morgan fingerprint density at radius 2 is 1.86 bits per heavy atom. The second kappa shape index (κ2) is 7.44. The third-order valence-electron chi connectivity index (χ3n) is 3.80. The summed E-state index contributed by atoms with van der Waals surface area (Å²) in [5.74, 6) is 0. The lowest BCUT2D eigenvalue weighted by atomic mass is 9.96. The lowest BCUT2D eigenvalue weighted by Crippen LogP contribution is -2.23. The Bertz CT molecular complexity index is 625. The van der Waals surface area contributed by atoms with Gasteiger partial charge in [0.1, 0.15) is 0 Å². The molecule has 112 valence electrons. The minimum absolute atomic E-state index is 0.224. The van der Waals surface area contributed by atoms with Crippen LogP contribution in [0.25, 0.3) is 0 Å². The predicted octanol–water partition coefficient (Wildman–Crippen LogP) is 5.61. The Morgan fingerprint density at radius 3 is 2.52 bits per heavy atom. The van der Waals surface area contributed by atoms with Crippen molar-refractivity contribution in [1.29, 1.82) is 0 Å². The largest absolute Gasteiger partial charge is 0.310 e. The van der Waals surface area contributed by atoms with Crippen LogP contribution in [0.3, 0.4) is 0 Å². The summed E-state index contributed by atoms with van der Waals surface area (Å²) in [4.78, 5) is 0. The van der Waals surface area contributed by atoms with Crippen molar-refractivity contribution in [2.75, 3.05) is 6.54 Å². The van der Waals surface area contributed by atoms with Crippen LogP contribution in [-0.2, 0) is 6.42 Å². The van der Waals surface area contributed by atoms with Crippen LogP contribution in [-0.4, -0.2) is 6.54 Å². The number of nitrogens with one attached hydrogen (secondary N) is 1. The van der Waals surface area contributed by atoms with Crippen LogP contribution in [0.15, 0.2) is 40.9 Å². The first-order valence-corrected chi connectivity index (χ1v) is 8.42. The normalized spacial score (nSPS) is 12.4. The molecule has 3 heteroatoms. The fraction of sp³-hybridized carbons (Fsp3) is 0.333. The van der Waals surface area contributed by atoms with Gasteiger partial charge in [-0.3, -0.25) is 0 Å². The Morgan fingerprint density at radius 1 is 1.10 bits per heavy atom. The van der Waals surface area contributed by atoms with Crippen molar-refractivity contribution in [1.82, 2.24) is 5.32 Å². The molecule has 1 atom stereocenters. The van der Waals surface area contributed by atoms with Crippen molar-refractivity contribution >= 4 is 27.5 Å². The molecule has 2 rings (SSSR count). The van der Waals surface area contributed by atoms with Crippen molar-refractivity contribution in [2.45, 2.75) is 33.2 Å². The zero-order chi connectivity index (χ0) is 15.4. The molecule has 0 bridgehead atoms. The van der Waals surface area contributed by atoms with Crippen molar-refractivity contribution in [2.24, 2.45) is 0 Å². The number of likely N-dealkylation sites (N-methyl/N-ethyl adjacent to an activating group) is 1. The van der Waals surface area contributed by atoms with E-state index in [1.54, 1.807) is 0 Å². The van der Waals surface area contributed by atoms with E-state index in [4.69, 9.17) is 11.6 Å². The molecule has 0 saturated carbocycles. The molecule has 2 aromatic carbocycles. The van der Waals surface area contributed by atoms with Crippen LogP contribution in [0, 0.1) is 13.8 Å². The number of aryl methyl sites for hydroxylation is 2. The highest BCUT2D eigenvalue weighted by Gasteiger charge is 2.15. The molecule has 2 aromatic rings. The van der Waals surface area contributed by atoms with Crippen molar-refractivity contribution in [3.63, 3.8) is 0 Å². The van der Waals surface area contributed by atoms with Crippen molar-refractivity contribution in [3.05, 3.63) is 68.1 Å². The summed E-state index contributed by atoms with van der Waals surface area (Å²) >= 11 is 9.92. The third kappa shape index (κ3) is 4.32. The van der Waals surface area contributed by atoms with Gasteiger partial charge in [0.25, 0.3) is 0 Å². The standard InChI is InChI=1S/C18H21BrClN/c1-4-21-18(16-11-15(19)7-8-17(16)20)10-14-6-5-12(2)13(3)9-14/h5-9,11,18,21H,4,10H2,1-3H3. The quantitative estimate of drug-likeness (QED) is 0.725. The molecule has 1 N–H and O–H groups in total. The van der Waals surface area contributed by atoms with Crippen molar-refractivity contribution < 1.29 is 0 Å². The number of hydrogen-bond donors (Lipinski definition) is 1. The van der Waals surface area contributed by atoms with Gasteiger partial charge < -0.3 is 5.32 Å². The molecular formula is C18H21BrClN. The summed E-state index contributed by atoms with van der Waals surface area (Å²) in [6.45, 7) is 7.34. The number of hydrogen-bond acceptors (Lipinski definition) is 1. The lowest BCUT2D eigenvalue weighted by molar-refractivity contribution is 0.549. The van der Waals surface area contributed by atoms with Gasteiger partial charge in [-0.15, -0.1) is 0 Å². The Balaban J connectivity index is 2.30. The Hall–Kier alpha value is -0.830. The Labute approximate surface area is 140 Å². The predicted molar refractivity (Wildman–Crippen MR) is 95.2 cm³/mol. The lowest BCUT2D eigenvalue weighted by Gasteiger charge is -2.20. The molecule has 0 saturated heterocycles. The van der Waals surface area contributed by atoms with E-state index in [-0.39, 0.29) is 6.04 Å². The van der Waals surface area contributed by atoms with Crippen LogP contribution in [0.2, 0.25) is 5.02 Å². The number of benzene rings is 2. The SMILES string of the molecule is CCNC(Cc1ccc(C)c(C)c1)c1cc(Br)ccc1Cl. The average Bonchev–Trinajstić information content (AvgIpc) is 2.45. The van der Waals surface area contributed by atoms with E-state index >= 15 is 0 Å². The van der Waals surface area contributed by atoms with Gasteiger partial charge >= 0.3 is 0 Å². The summed E-state index contributed by atoms with van der Waals surface area (Å²) in [5.41, 5.74) is 5.15. The highest BCUT2D eigenvalue weighted by molar-refractivity contribution is 9.10. The van der Waals surface area contributed by atoms with E-state index in [1.165, 1.54) is 16.7 Å². The zero-order valence-electron chi connectivity index (χ0n) is 12.7. The van der Waals surface area contributed by atoms with E-state index < -0.39 is 0 Å². The van der Waals surface area contributed by atoms with Crippen molar-refractivity contribution in [3.8, 4) is 0 Å². The van der Waals surface area contributed by atoms with Gasteiger partial charge in [-0.1, -0.05) is 52.7 Å². The van der Waals surface area contributed by atoms with Gasteiger partial charge in [0.15, 0.2) is 0 Å². The van der Waals surface area contributed by atoms with Gasteiger partial charge in [-0.05, 0) is 67.3 Å². The van der Waals surface area contributed by atoms with Gasteiger partial charge in [-0.2, -0.15) is 0 Å². The molecule has 0 aromatic heterocycles. The molecule has 0 aliphatic heterocycles. The highest BCUT2D eigenvalue weighted by Crippen LogP contribution is 2.29. The van der Waals surface area contributed by atoms with Crippen LogP contribution in [0.4, 0.5) is 0 Å². The molecule has 0 heterocycles. The van der Waals surface area contributed by atoms with E-state index in [0.29, 0.717) is 0 Å². The molecular weight excluding hydrogens is 346 g/mol. The minimum Gasteiger partial charge on any atom is -0.310 e. The monoisotopic (exact) mass is 365 g/mol. The van der Waals surface area contributed by atoms with Gasteiger partial charge in [0, 0.05) is 15.5 Å². The maximum atomic E-state index is 6.39. The van der Waals surface area contributed by atoms with Gasteiger partial charge in [-0.25, -0.2) is 0 Å². The second-order valence-electron chi connectivity index (χ2n) is 5.40. The summed E-state index contributed by atoms with van der Waals surface area (Å²) in [6, 6.07) is 12.9. The zero-order valence-corrected chi connectivity index (χ0v) is 15.1. The van der Waals surface area contributed by atoms with Crippen LogP contribution in [0.5, 0.6) is 0 Å². The third-order valence-corrected chi connectivity index (χ3v) is 4.63. The fourth-order valence-corrected chi connectivity index (χ4v) is 3.11.